The molecular weight excluding hydrogens is 302 g/mol. The van der Waals surface area contributed by atoms with Gasteiger partial charge in [0.05, 0.1) is 11.4 Å². The highest BCUT2D eigenvalue weighted by Gasteiger charge is 2.41. The number of hydrogen-bond acceptors (Lipinski definition) is 3. The maximum atomic E-state index is 12.6. The van der Waals surface area contributed by atoms with Crippen molar-refractivity contribution in [3.63, 3.8) is 0 Å². The van der Waals surface area contributed by atoms with Gasteiger partial charge in [0.1, 0.15) is 0 Å². The molecule has 0 saturated heterocycles. The van der Waals surface area contributed by atoms with E-state index >= 15 is 0 Å². The van der Waals surface area contributed by atoms with Crippen LogP contribution in [0.2, 0.25) is 0 Å². The van der Waals surface area contributed by atoms with E-state index in [1.165, 1.54) is 11.4 Å². The topological polar surface area (TPSA) is 66.4 Å². The third-order valence-electron chi connectivity index (χ3n) is 2.11. The van der Waals surface area contributed by atoms with Crippen LogP contribution in [0.1, 0.15) is 15.2 Å². The Morgan fingerprint density at radius 2 is 2.10 bits per heavy atom. The Kier molecular flexibility index (Phi) is 5.26. The molecule has 0 fully saturated rings. The molecule has 0 unspecified atom stereocenters. The Balaban J connectivity index is 2.74. The molecule has 0 radical (unpaired) electrons. The van der Waals surface area contributed by atoms with Crippen LogP contribution in [-0.4, -0.2) is 35.9 Å². The zero-order valence-corrected chi connectivity index (χ0v) is 10.6. The number of aliphatic carboxylic acids is 1. The van der Waals surface area contributed by atoms with Crippen molar-refractivity contribution < 1.29 is 32.3 Å². The molecule has 1 aromatic heterocycles. The number of amides is 1. The molecule has 0 bridgehead atoms. The molecule has 1 aromatic rings. The third kappa shape index (κ3) is 4.34. The van der Waals surface area contributed by atoms with Crippen molar-refractivity contribution in [2.24, 2.45) is 0 Å². The fraction of sp³-hybridized carbons (Fsp3) is 0.273. The number of thiophene rings is 1. The molecule has 9 heteroatoms. The Morgan fingerprint density at radius 1 is 1.45 bits per heavy atom. The van der Waals surface area contributed by atoms with Gasteiger partial charge in [-0.05, 0) is 23.1 Å². The summed E-state index contributed by atoms with van der Waals surface area (Å²) in [5.41, 5.74) is 0.204. The van der Waals surface area contributed by atoms with Crippen LogP contribution in [0.15, 0.2) is 17.5 Å². The fourth-order valence-corrected chi connectivity index (χ4v) is 1.95. The van der Waals surface area contributed by atoms with E-state index in [2.05, 4.69) is 0 Å². The summed E-state index contributed by atoms with van der Waals surface area (Å²) in [6, 6.07) is 1.41. The van der Waals surface area contributed by atoms with Crippen LogP contribution in [0.3, 0.4) is 0 Å². The molecule has 1 rings (SSSR count). The van der Waals surface area contributed by atoms with Crippen LogP contribution >= 0.6 is 11.3 Å². The van der Waals surface area contributed by atoms with Gasteiger partial charge in [-0.2, -0.15) is 8.78 Å². The summed E-state index contributed by atoms with van der Waals surface area (Å²) in [7, 11) is 0. The molecule has 1 amide bonds. The molecule has 1 heterocycles. The highest BCUT2D eigenvalue weighted by molar-refractivity contribution is 7.12. The minimum atomic E-state index is -4.32. The van der Waals surface area contributed by atoms with E-state index in [0.717, 1.165) is 23.5 Å². The van der Waals surface area contributed by atoms with Gasteiger partial charge in [-0.3, -0.25) is 4.79 Å². The first-order chi connectivity index (χ1) is 9.24. The zero-order chi connectivity index (χ0) is 15.3. The second-order valence-electron chi connectivity index (χ2n) is 3.62. The minimum Gasteiger partial charge on any atom is -0.478 e. The second kappa shape index (κ2) is 6.51. The van der Waals surface area contributed by atoms with Gasteiger partial charge >= 0.3 is 18.3 Å². The number of carbonyl (C=O) groups is 2. The highest BCUT2D eigenvalue weighted by atomic mass is 32.1. The van der Waals surface area contributed by atoms with E-state index in [0.29, 0.717) is 0 Å². The van der Waals surface area contributed by atoms with Crippen LogP contribution in [0, 0.1) is 0 Å². The van der Waals surface area contributed by atoms with Crippen LogP contribution in [0.5, 0.6) is 0 Å². The molecule has 2 N–H and O–H groups in total. The molecule has 0 atom stereocenters. The number of nitrogens with one attached hydrogen (secondary N) is 1. The average Bonchev–Trinajstić information content (AvgIpc) is 2.81. The van der Waals surface area contributed by atoms with Crippen molar-refractivity contribution in [1.82, 2.24) is 5.32 Å². The molecule has 0 aliphatic heterocycles. The SMILES string of the molecule is O=C(O)/C=C/c1ccsc1C(=O)NCC(F)(F)C(F)F. The fourth-order valence-electron chi connectivity index (χ4n) is 1.15. The lowest BCUT2D eigenvalue weighted by molar-refractivity contribution is -0.131. The van der Waals surface area contributed by atoms with E-state index in [4.69, 9.17) is 5.11 Å². The van der Waals surface area contributed by atoms with Gasteiger partial charge < -0.3 is 10.4 Å². The molecule has 0 spiro atoms. The van der Waals surface area contributed by atoms with Crippen molar-refractivity contribution in [3.05, 3.63) is 28.0 Å². The first-order valence-electron chi connectivity index (χ1n) is 5.16. The number of carboxylic acids is 1. The van der Waals surface area contributed by atoms with Gasteiger partial charge in [-0.1, -0.05) is 0 Å². The number of carbonyl (C=O) groups excluding carboxylic acids is 1. The summed E-state index contributed by atoms with van der Waals surface area (Å²) < 4.78 is 49.1. The number of halogens is 4. The summed E-state index contributed by atoms with van der Waals surface area (Å²) in [5.74, 6) is -6.53. The van der Waals surface area contributed by atoms with Crippen molar-refractivity contribution >= 4 is 29.3 Å². The number of hydrogen-bond donors (Lipinski definition) is 2. The number of rotatable bonds is 6. The predicted octanol–water partition coefficient (Wildman–Crippen LogP) is 2.48. The largest absolute Gasteiger partial charge is 0.478 e. The maximum absolute atomic E-state index is 12.6. The normalized spacial score (nSPS) is 12.1. The molecule has 0 saturated carbocycles. The molecule has 0 aliphatic rings. The van der Waals surface area contributed by atoms with Gasteiger partial charge in [0.2, 0.25) is 0 Å². The number of carboxylic acid groups (broad SMARTS) is 1. The van der Waals surface area contributed by atoms with E-state index in [1.807, 2.05) is 0 Å². The highest BCUT2D eigenvalue weighted by Crippen LogP contribution is 2.23. The molecule has 0 aromatic carbocycles. The Bertz CT molecular complexity index is 527. The van der Waals surface area contributed by atoms with Gasteiger partial charge in [0.25, 0.3) is 5.91 Å². The predicted molar refractivity (Wildman–Crippen MR) is 64.3 cm³/mol. The van der Waals surface area contributed by atoms with E-state index in [1.54, 1.807) is 5.32 Å². The van der Waals surface area contributed by atoms with Gasteiger partial charge in [-0.25, -0.2) is 13.6 Å². The van der Waals surface area contributed by atoms with Gasteiger partial charge in [0.15, 0.2) is 0 Å². The van der Waals surface area contributed by atoms with Crippen LogP contribution in [0.4, 0.5) is 17.6 Å². The van der Waals surface area contributed by atoms with Gasteiger partial charge in [-0.15, -0.1) is 11.3 Å². The smallest absolute Gasteiger partial charge is 0.328 e. The van der Waals surface area contributed by atoms with Crippen LogP contribution < -0.4 is 5.32 Å². The molecular formula is C11H9F4NO3S. The quantitative estimate of drug-likeness (QED) is 0.626. The molecule has 0 aliphatic carbocycles. The summed E-state index contributed by atoms with van der Waals surface area (Å²) in [6.07, 6.45) is -2.00. The zero-order valence-electron chi connectivity index (χ0n) is 9.78. The summed E-state index contributed by atoms with van der Waals surface area (Å²) in [6.45, 7) is -1.50. The average molecular weight is 311 g/mol. The Labute approximate surface area is 114 Å². The monoisotopic (exact) mass is 311 g/mol. The van der Waals surface area contributed by atoms with E-state index < -0.39 is 30.8 Å². The summed E-state index contributed by atoms with van der Waals surface area (Å²) >= 11 is 0.880. The molecule has 20 heavy (non-hydrogen) atoms. The molecule has 4 nitrogen and oxygen atoms in total. The Morgan fingerprint density at radius 3 is 2.65 bits per heavy atom. The molecule has 110 valence electrons. The van der Waals surface area contributed by atoms with Crippen LogP contribution in [-0.2, 0) is 4.79 Å². The first-order valence-corrected chi connectivity index (χ1v) is 6.04. The number of alkyl halides is 4. The Hall–Kier alpha value is -1.90. The summed E-state index contributed by atoms with van der Waals surface area (Å²) in [4.78, 5) is 21.9. The van der Waals surface area contributed by atoms with Crippen molar-refractivity contribution in [1.29, 1.82) is 0 Å². The standard InChI is InChI=1S/C11H9F4NO3S/c12-10(13)11(14,15)5-16-9(19)8-6(3-4-20-8)1-2-7(17)18/h1-4,10H,5H2,(H,16,19)(H,17,18)/b2-1+. The van der Waals surface area contributed by atoms with E-state index in [9.17, 15) is 27.2 Å². The van der Waals surface area contributed by atoms with Crippen molar-refractivity contribution in [3.8, 4) is 0 Å². The van der Waals surface area contributed by atoms with Crippen molar-refractivity contribution in [2.75, 3.05) is 6.54 Å². The lowest BCUT2D eigenvalue weighted by Crippen LogP contribution is -2.41. The van der Waals surface area contributed by atoms with Crippen LogP contribution in [0.25, 0.3) is 6.08 Å². The third-order valence-corrected chi connectivity index (χ3v) is 3.04. The first kappa shape index (κ1) is 16.2. The maximum Gasteiger partial charge on any atom is 0.328 e. The second-order valence-corrected chi connectivity index (χ2v) is 4.54. The van der Waals surface area contributed by atoms with E-state index in [-0.39, 0.29) is 10.4 Å². The lowest BCUT2D eigenvalue weighted by Gasteiger charge is -2.15. The summed E-state index contributed by atoms with van der Waals surface area (Å²) in [5, 5.41) is 11.6. The van der Waals surface area contributed by atoms with Gasteiger partial charge in [0, 0.05) is 6.08 Å². The van der Waals surface area contributed by atoms with Crippen molar-refractivity contribution in [2.45, 2.75) is 12.3 Å². The minimum absolute atomic E-state index is 0.0347. The lowest BCUT2D eigenvalue weighted by atomic mass is 10.2.